The van der Waals surface area contributed by atoms with Crippen molar-refractivity contribution in [2.24, 2.45) is 0 Å². The zero-order chi connectivity index (χ0) is 15.6. The van der Waals surface area contributed by atoms with E-state index in [1.54, 1.807) is 12.1 Å². The van der Waals surface area contributed by atoms with Crippen LogP contribution < -0.4 is 10.0 Å². The van der Waals surface area contributed by atoms with Crippen molar-refractivity contribution in [3.63, 3.8) is 0 Å². The Balaban J connectivity index is 2.57. The van der Waals surface area contributed by atoms with Gasteiger partial charge in [0.1, 0.15) is 0 Å². The third-order valence-corrected chi connectivity index (χ3v) is 4.50. The topological polar surface area (TPSA) is 67.4 Å². The number of rotatable bonds is 11. The summed E-state index contributed by atoms with van der Waals surface area (Å²) < 4.78 is 32.6. The minimum Gasteiger partial charge on any atom is -0.381 e. The second kappa shape index (κ2) is 9.89. The molecule has 0 spiro atoms. The molecule has 5 nitrogen and oxygen atoms in total. The summed E-state index contributed by atoms with van der Waals surface area (Å²) in [4.78, 5) is 0.348. The molecule has 0 unspecified atom stereocenters. The predicted molar refractivity (Wildman–Crippen MR) is 84.7 cm³/mol. The second-order valence-corrected chi connectivity index (χ2v) is 6.49. The molecule has 0 fully saturated rings. The van der Waals surface area contributed by atoms with Gasteiger partial charge in [-0.25, -0.2) is 13.1 Å². The van der Waals surface area contributed by atoms with Crippen LogP contribution in [-0.4, -0.2) is 34.7 Å². The van der Waals surface area contributed by atoms with E-state index in [2.05, 4.69) is 10.0 Å². The van der Waals surface area contributed by atoms with E-state index in [4.69, 9.17) is 4.74 Å². The quantitative estimate of drug-likeness (QED) is 0.612. The molecule has 1 aromatic carbocycles. The van der Waals surface area contributed by atoms with Gasteiger partial charge in [-0.1, -0.05) is 32.0 Å². The van der Waals surface area contributed by atoms with Gasteiger partial charge < -0.3 is 10.1 Å². The molecule has 0 aliphatic carbocycles. The van der Waals surface area contributed by atoms with Crippen molar-refractivity contribution in [1.29, 1.82) is 0 Å². The summed E-state index contributed by atoms with van der Waals surface area (Å²) in [6.45, 7) is 7.08. The van der Waals surface area contributed by atoms with Crippen LogP contribution in [0.25, 0.3) is 0 Å². The Morgan fingerprint density at radius 1 is 1.14 bits per heavy atom. The highest BCUT2D eigenvalue weighted by atomic mass is 32.2. The summed E-state index contributed by atoms with van der Waals surface area (Å²) in [6.07, 6.45) is 1.65. The molecule has 1 aromatic rings. The van der Waals surface area contributed by atoms with Gasteiger partial charge in [0.05, 0.1) is 4.90 Å². The highest BCUT2D eigenvalue weighted by Crippen LogP contribution is 2.15. The van der Waals surface area contributed by atoms with Crippen LogP contribution in [0, 0.1) is 0 Å². The van der Waals surface area contributed by atoms with Crippen molar-refractivity contribution in [1.82, 2.24) is 10.0 Å². The van der Waals surface area contributed by atoms with Crippen molar-refractivity contribution in [2.75, 3.05) is 26.3 Å². The van der Waals surface area contributed by atoms with Crippen molar-refractivity contribution < 1.29 is 13.2 Å². The maximum atomic E-state index is 12.3. The third kappa shape index (κ3) is 6.56. The standard InChI is InChI=1S/C15H26N2O3S/c1-3-11-20-12-7-10-17-21(18,19)15-9-6-5-8-14(15)13-16-4-2/h5-6,8-9,16-17H,3-4,7,10-13H2,1-2H3. The zero-order valence-corrected chi connectivity index (χ0v) is 13.7. The lowest BCUT2D eigenvalue weighted by Gasteiger charge is -2.12. The molecule has 0 amide bonds. The zero-order valence-electron chi connectivity index (χ0n) is 12.9. The van der Waals surface area contributed by atoms with E-state index in [1.165, 1.54) is 0 Å². The molecule has 0 radical (unpaired) electrons. The molecule has 0 heterocycles. The van der Waals surface area contributed by atoms with Crippen LogP contribution in [0.1, 0.15) is 32.3 Å². The normalized spacial score (nSPS) is 11.7. The van der Waals surface area contributed by atoms with Gasteiger partial charge in [0.15, 0.2) is 0 Å². The Morgan fingerprint density at radius 3 is 2.62 bits per heavy atom. The van der Waals surface area contributed by atoms with Gasteiger partial charge in [-0.15, -0.1) is 0 Å². The fraction of sp³-hybridized carbons (Fsp3) is 0.600. The molecule has 0 aliphatic heterocycles. The summed E-state index contributed by atoms with van der Waals surface area (Å²) in [7, 11) is -3.46. The maximum Gasteiger partial charge on any atom is 0.240 e. The van der Waals surface area contributed by atoms with Crippen LogP contribution in [-0.2, 0) is 21.3 Å². The first-order chi connectivity index (χ1) is 10.1. The monoisotopic (exact) mass is 314 g/mol. The lowest BCUT2D eigenvalue weighted by molar-refractivity contribution is 0.133. The molecule has 0 aromatic heterocycles. The van der Waals surface area contributed by atoms with Crippen molar-refractivity contribution in [2.45, 2.75) is 38.1 Å². The fourth-order valence-corrected chi connectivity index (χ4v) is 3.19. The Kier molecular flexibility index (Phi) is 8.52. The lowest BCUT2D eigenvalue weighted by atomic mass is 10.2. The molecule has 0 saturated carbocycles. The average molecular weight is 314 g/mol. The molecule has 6 heteroatoms. The van der Waals surface area contributed by atoms with E-state index in [-0.39, 0.29) is 0 Å². The van der Waals surface area contributed by atoms with Gasteiger partial charge in [0.2, 0.25) is 10.0 Å². The lowest BCUT2D eigenvalue weighted by Crippen LogP contribution is -2.27. The highest BCUT2D eigenvalue weighted by Gasteiger charge is 2.16. The molecule has 2 N–H and O–H groups in total. The van der Waals surface area contributed by atoms with Gasteiger partial charge in [-0.2, -0.15) is 0 Å². The van der Waals surface area contributed by atoms with E-state index >= 15 is 0 Å². The SMILES string of the molecule is CCCOCCCNS(=O)(=O)c1ccccc1CNCC. The Labute approximate surface area is 128 Å². The summed E-state index contributed by atoms with van der Waals surface area (Å²) in [5.74, 6) is 0. The Hall–Kier alpha value is -0.950. The Morgan fingerprint density at radius 2 is 1.90 bits per heavy atom. The molecule has 0 atom stereocenters. The van der Waals surface area contributed by atoms with Crippen molar-refractivity contribution in [3.8, 4) is 0 Å². The second-order valence-electron chi connectivity index (χ2n) is 4.75. The molecule has 0 aliphatic rings. The van der Waals surface area contributed by atoms with E-state index in [0.29, 0.717) is 31.0 Å². The van der Waals surface area contributed by atoms with Crippen LogP contribution in [0.5, 0.6) is 0 Å². The third-order valence-electron chi connectivity index (χ3n) is 2.93. The predicted octanol–water partition coefficient (Wildman–Crippen LogP) is 1.89. The highest BCUT2D eigenvalue weighted by molar-refractivity contribution is 7.89. The summed E-state index contributed by atoms with van der Waals surface area (Å²) in [5, 5.41) is 3.16. The number of ether oxygens (including phenoxy) is 1. The number of benzene rings is 1. The molecule has 0 saturated heterocycles. The van der Waals surface area contributed by atoms with Gasteiger partial charge in [-0.05, 0) is 31.0 Å². The summed E-state index contributed by atoms with van der Waals surface area (Å²) in [6, 6.07) is 7.07. The number of sulfonamides is 1. The number of nitrogens with one attached hydrogen (secondary N) is 2. The van der Waals surface area contributed by atoms with E-state index in [9.17, 15) is 8.42 Å². The van der Waals surface area contributed by atoms with Crippen LogP contribution in [0.15, 0.2) is 29.2 Å². The van der Waals surface area contributed by atoms with E-state index in [0.717, 1.165) is 25.1 Å². The molecular weight excluding hydrogens is 288 g/mol. The first-order valence-electron chi connectivity index (χ1n) is 7.47. The number of hydrogen-bond acceptors (Lipinski definition) is 4. The molecular formula is C15H26N2O3S. The van der Waals surface area contributed by atoms with Crippen LogP contribution in [0.2, 0.25) is 0 Å². The Bertz CT molecular complexity index is 503. The summed E-state index contributed by atoms with van der Waals surface area (Å²) in [5.41, 5.74) is 0.786. The summed E-state index contributed by atoms with van der Waals surface area (Å²) >= 11 is 0. The minimum absolute atomic E-state index is 0.348. The van der Waals surface area contributed by atoms with Crippen molar-refractivity contribution in [3.05, 3.63) is 29.8 Å². The molecule has 1 rings (SSSR count). The van der Waals surface area contributed by atoms with Gasteiger partial charge >= 0.3 is 0 Å². The minimum atomic E-state index is -3.46. The first-order valence-corrected chi connectivity index (χ1v) is 8.96. The maximum absolute atomic E-state index is 12.3. The number of hydrogen-bond donors (Lipinski definition) is 2. The van der Waals surface area contributed by atoms with E-state index in [1.807, 2.05) is 26.0 Å². The molecule has 120 valence electrons. The van der Waals surface area contributed by atoms with Gasteiger partial charge in [0.25, 0.3) is 0 Å². The largest absolute Gasteiger partial charge is 0.381 e. The van der Waals surface area contributed by atoms with Crippen molar-refractivity contribution >= 4 is 10.0 Å². The van der Waals surface area contributed by atoms with E-state index < -0.39 is 10.0 Å². The first kappa shape index (κ1) is 18.1. The van der Waals surface area contributed by atoms with Crippen LogP contribution in [0.4, 0.5) is 0 Å². The smallest absolute Gasteiger partial charge is 0.240 e. The average Bonchev–Trinajstić information content (AvgIpc) is 2.49. The van der Waals surface area contributed by atoms with Crippen LogP contribution in [0.3, 0.4) is 0 Å². The fourth-order valence-electron chi connectivity index (χ4n) is 1.88. The van der Waals surface area contributed by atoms with Gasteiger partial charge in [-0.3, -0.25) is 0 Å². The van der Waals surface area contributed by atoms with Gasteiger partial charge in [0, 0.05) is 26.3 Å². The molecule has 0 bridgehead atoms. The van der Waals surface area contributed by atoms with Crippen LogP contribution >= 0.6 is 0 Å². The molecule has 21 heavy (non-hydrogen) atoms.